The lowest BCUT2D eigenvalue weighted by molar-refractivity contribution is -0.120. The highest BCUT2D eigenvalue weighted by atomic mass is 16.5. The number of carbonyl (C=O) groups excluding carboxylic acids is 2. The zero-order chi connectivity index (χ0) is 19.1. The van der Waals surface area contributed by atoms with E-state index < -0.39 is 0 Å². The van der Waals surface area contributed by atoms with Crippen molar-refractivity contribution in [3.8, 4) is 0 Å². The molecule has 6 heteroatoms. The third-order valence-corrected chi connectivity index (χ3v) is 4.97. The topological polar surface area (TPSA) is 70.7 Å². The van der Waals surface area contributed by atoms with Crippen molar-refractivity contribution in [3.63, 3.8) is 0 Å². The summed E-state index contributed by atoms with van der Waals surface area (Å²) in [5.74, 6) is 0.0384. The van der Waals surface area contributed by atoms with Gasteiger partial charge in [0.1, 0.15) is 0 Å². The highest BCUT2D eigenvalue weighted by Crippen LogP contribution is 2.12. The Kier molecular flexibility index (Phi) is 7.60. The Balaban J connectivity index is 1.79. The standard InChI is InChI=1S/C20H31N3O3/c1-14(2)18(23-7-9-26-10-8-23)12-21-19(24)13-22-20(25)17-6-5-15(3)16(4)11-17/h5-6,11,14,18H,7-10,12-13H2,1-4H3,(H,21,24)(H,22,25). The number of benzene rings is 1. The van der Waals surface area contributed by atoms with Gasteiger partial charge in [0.05, 0.1) is 19.8 Å². The minimum absolute atomic E-state index is 0.0142. The van der Waals surface area contributed by atoms with Crippen LogP contribution in [-0.2, 0) is 9.53 Å². The Morgan fingerprint density at radius 2 is 1.81 bits per heavy atom. The van der Waals surface area contributed by atoms with Crippen LogP contribution in [-0.4, -0.2) is 62.1 Å². The van der Waals surface area contributed by atoms with Gasteiger partial charge in [-0.1, -0.05) is 19.9 Å². The summed E-state index contributed by atoms with van der Waals surface area (Å²) in [7, 11) is 0. The fourth-order valence-corrected chi connectivity index (χ4v) is 3.12. The van der Waals surface area contributed by atoms with Crippen LogP contribution < -0.4 is 10.6 Å². The molecule has 2 rings (SSSR count). The predicted molar refractivity (Wildman–Crippen MR) is 102 cm³/mol. The number of hydrogen-bond donors (Lipinski definition) is 2. The molecule has 1 aliphatic rings. The number of amides is 2. The molecule has 1 aromatic carbocycles. The monoisotopic (exact) mass is 361 g/mol. The van der Waals surface area contributed by atoms with E-state index in [2.05, 4.69) is 29.4 Å². The summed E-state index contributed by atoms with van der Waals surface area (Å²) >= 11 is 0. The van der Waals surface area contributed by atoms with Gasteiger partial charge in [-0.3, -0.25) is 14.5 Å². The molecule has 1 atom stereocenters. The zero-order valence-electron chi connectivity index (χ0n) is 16.3. The summed E-state index contributed by atoms with van der Waals surface area (Å²) in [5.41, 5.74) is 2.78. The summed E-state index contributed by atoms with van der Waals surface area (Å²) < 4.78 is 5.40. The van der Waals surface area contributed by atoms with Crippen LogP contribution >= 0.6 is 0 Å². The van der Waals surface area contributed by atoms with E-state index in [1.807, 2.05) is 26.0 Å². The molecule has 0 saturated carbocycles. The lowest BCUT2D eigenvalue weighted by atomic mass is 10.0. The maximum Gasteiger partial charge on any atom is 0.251 e. The van der Waals surface area contributed by atoms with Gasteiger partial charge < -0.3 is 15.4 Å². The SMILES string of the molecule is Cc1ccc(C(=O)NCC(=O)NCC(C(C)C)N2CCOCC2)cc1C. The molecule has 2 N–H and O–H groups in total. The van der Waals surface area contributed by atoms with E-state index in [0.29, 0.717) is 18.0 Å². The summed E-state index contributed by atoms with van der Waals surface area (Å²) in [6, 6.07) is 5.82. The first-order chi connectivity index (χ1) is 12.4. The number of aryl methyl sites for hydroxylation is 2. The average Bonchev–Trinajstić information content (AvgIpc) is 2.62. The van der Waals surface area contributed by atoms with Crippen LogP contribution in [0.5, 0.6) is 0 Å². The minimum atomic E-state index is -0.225. The second kappa shape index (κ2) is 9.69. The van der Waals surface area contributed by atoms with Crippen LogP contribution in [0.2, 0.25) is 0 Å². The first kappa shape index (κ1) is 20.4. The van der Waals surface area contributed by atoms with Gasteiger partial charge in [-0.25, -0.2) is 0 Å². The maximum absolute atomic E-state index is 12.2. The molecule has 144 valence electrons. The molecule has 1 unspecified atom stereocenters. The molecule has 1 aromatic rings. The number of ether oxygens (including phenoxy) is 1. The van der Waals surface area contributed by atoms with Gasteiger partial charge in [0, 0.05) is 31.2 Å². The normalized spacial score (nSPS) is 16.3. The van der Waals surface area contributed by atoms with Crippen molar-refractivity contribution in [1.82, 2.24) is 15.5 Å². The molecular formula is C20H31N3O3. The molecule has 6 nitrogen and oxygen atoms in total. The fourth-order valence-electron chi connectivity index (χ4n) is 3.12. The zero-order valence-corrected chi connectivity index (χ0v) is 16.3. The Labute approximate surface area is 156 Å². The summed E-state index contributed by atoms with van der Waals surface area (Å²) in [4.78, 5) is 26.7. The molecule has 26 heavy (non-hydrogen) atoms. The van der Waals surface area contributed by atoms with Crippen molar-refractivity contribution >= 4 is 11.8 Å². The van der Waals surface area contributed by atoms with E-state index in [1.165, 1.54) is 0 Å². The van der Waals surface area contributed by atoms with Crippen LogP contribution in [0, 0.1) is 19.8 Å². The first-order valence-electron chi connectivity index (χ1n) is 9.32. The lowest BCUT2D eigenvalue weighted by Gasteiger charge is -2.36. The molecule has 1 saturated heterocycles. The Bertz CT molecular complexity index is 625. The maximum atomic E-state index is 12.2. The largest absolute Gasteiger partial charge is 0.379 e. The van der Waals surface area contributed by atoms with Crippen molar-refractivity contribution in [1.29, 1.82) is 0 Å². The molecule has 0 spiro atoms. The van der Waals surface area contributed by atoms with Crippen LogP contribution in [0.15, 0.2) is 18.2 Å². The molecule has 1 fully saturated rings. The van der Waals surface area contributed by atoms with Crippen molar-refractivity contribution in [2.75, 3.05) is 39.4 Å². The molecule has 1 aliphatic heterocycles. The van der Waals surface area contributed by atoms with Crippen LogP contribution in [0.25, 0.3) is 0 Å². The van der Waals surface area contributed by atoms with Crippen LogP contribution in [0.1, 0.15) is 35.3 Å². The van der Waals surface area contributed by atoms with Crippen molar-refractivity contribution < 1.29 is 14.3 Å². The molecule has 0 radical (unpaired) electrons. The Hall–Kier alpha value is -1.92. The molecule has 1 heterocycles. The number of rotatable bonds is 7. The molecule has 0 bridgehead atoms. The number of nitrogens with one attached hydrogen (secondary N) is 2. The predicted octanol–water partition coefficient (Wildman–Crippen LogP) is 1.51. The van der Waals surface area contributed by atoms with Gasteiger partial charge in [0.15, 0.2) is 0 Å². The number of carbonyl (C=O) groups is 2. The fraction of sp³-hybridized carbons (Fsp3) is 0.600. The number of morpholine rings is 1. The van der Waals surface area contributed by atoms with E-state index in [0.717, 1.165) is 37.4 Å². The molecule has 0 aliphatic carbocycles. The van der Waals surface area contributed by atoms with Crippen LogP contribution in [0.3, 0.4) is 0 Å². The highest BCUT2D eigenvalue weighted by Gasteiger charge is 2.24. The smallest absolute Gasteiger partial charge is 0.251 e. The first-order valence-corrected chi connectivity index (χ1v) is 9.32. The number of hydrogen-bond acceptors (Lipinski definition) is 4. The summed E-state index contributed by atoms with van der Waals surface area (Å²) in [6.45, 7) is 12.1. The van der Waals surface area contributed by atoms with E-state index in [1.54, 1.807) is 6.07 Å². The Morgan fingerprint density at radius 1 is 1.12 bits per heavy atom. The molecular weight excluding hydrogens is 330 g/mol. The highest BCUT2D eigenvalue weighted by molar-refractivity contribution is 5.96. The van der Waals surface area contributed by atoms with Gasteiger partial charge in [0.2, 0.25) is 5.91 Å². The van der Waals surface area contributed by atoms with E-state index >= 15 is 0 Å². The second-order valence-electron chi connectivity index (χ2n) is 7.25. The lowest BCUT2D eigenvalue weighted by Crippen LogP contribution is -2.52. The average molecular weight is 361 g/mol. The third kappa shape index (κ3) is 5.81. The quantitative estimate of drug-likeness (QED) is 0.772. The van der Waals surface area contributed by atoms with Gasteiger partial charge in [-0.2, -0.15) is 0 Å². The van der Waals surface area contributed by atoms with Crippen molar-refractivity contribution in [2.24, 2.45) is 5.92 Å². The van der Waals surface area contributed by atoms with E-state index in [-0.39, 0.29) is 24.4 Å². The molecule has 0 aromatic heterocycles. The van der Waals surface area contributed by atoms with Gasteiger partial charge in [-0.15, -0.1) is 0 Å². The summed E-state index contributed by atoms with van der Waals surface area (Å²) in [5, 5.41) is 5.65. The van der Waals surface area contributed by atoms with Crippen LogP contribution in [0.4, 0.5) is 0 Å². The molecule has 2 amide bonds. The van der Waals surface area contributed by atoms with Crippen molar-refractivity contribution in [3.05, 3.63) is 34.9 Å². The van der Waals surface area contributed by atoms with Gasteiger partial charge in [0.25, 0.3) is 5.91 Å². The second-order valence-corrected chi connectivity index (χ2v) is 7.25. The van der Waals surface area contributed by atoms with E-state index in [9.17, 15) is 9.59 Å². The van der Waals surface area contributed by atoms with Crippen molar-refractivity contribution in [2.45, 2.75) is 33.7 Å². The van der Waals surface area contributed by atoms with Gasteiger partial charge in [-0.05, 0) is 43.0 Å². The minimum Gasteiger partial charge on any atom is -0.379 e. The Morgan fingerprint density at radius 3 is 2.42 bits per heavy atom. The third-order valence-electron chi connectivity index (χ3n) is 4.97. The van der Waals surface area contributed by atoms with Gasteiger partial charge >= 0.3 is 0 Å². The van der Waals surface area contributed by atoms with E-state index in [4.69, 9.17) is 4.74 Å². The summed E-state index contributed by atoms with van der Waals surface area (Å²) in [6.07, 6.45) is 0. The number of nitrogens with zero attached hydrogens (tertiary/aromatic N) is 1.